The van der Waals surface area contributed by atoms with E-state index in [-0.39, 0.29) is 18.4 Å². The number of aromatic nitrogens is 1. The van der Waals surface area contributed by atoms with Gasteiger partial charge >= 0.3 is 5.97 Å². The molecule has 0 fully saturated rings. The van der Waals surface area contributed by atoms with Crippen LogP contribution in [0.3, 0.4) is 0 Å². The molecule has 0 radical (unpaired) electrons. The summed E-state index contributed by atoms with van der Waals surface area (Å²) in [5.41, 5.74) is 3.44. The molecule has 2 N–H and O–H groups in total. The average Bonchev–Trinajstić information content (AvgIpc) is 3.25. The number of nitrogens with zero attached hydrogens (tertiary/aromatic N) is 1. The maximum absolute atomic E-state index is 11.5. The minimum Gasteiger partial charge on any atom is -0.463 e. The number of methoxy groups -OCH3 is 1. The molecule has 6 heteroatoms. The van der Waals surface area contributed by atoms with Gasteiger partial charge in [-0.15, -0.1) is 0 Å². The second-order valence-corrected chi connectivity index (χ2v) is 6.24. The maximum atomic E-state index is 11.5. The van der Waals surface area contributed by atoms with E-state index < -0.39 is 5.97 Å². The number of benzene rings is 1. The number of H-pyrrole nitrogens is 1. The first-order valence-electron chi connectivity index (χ1n) is 8.32. The van der Waals surface area contributed by atoms with Gasteiger partial charge in [0.1, 0.15) is 5.76 Å². The first kappa shape index (κ1) is 15.9. The topological polar surface area (TPSA) is 78.7 Å². The van der Waals surface area contributed by atoms with Gasteiger partial charge in [-0.1, -0.05) is 18.2 Å². The van der Waals surface area contributed by atoms with Gasteiger partial charge in [0.25, 0.3) is 0 Å². The number of furan rings is 1. The minimum absolute atomic E-state index is 0.0182. The fraction of sp³-hybridized carbons (Fsp3) is 0.316. The molecule has 130 valence electrons. The van der Waals surface area contributed by atoms with Crippen LogP contribution in [0, 0.1) is 0 Å². The van der Waals surface area contributed by atoms with Crippen LogP contribution < -0.4 is 0 Å². The number of hydrogen-bond donors (Lipinski definition) is 2. The quantitative estimate of drug-likeness (QED) is 0.714. The summed E-state index contributed by atoms with van der Waals surface area (Å²) in [6.07, 6.45) is 0.903. The molecule has 0 aliphatic carbocycles. The number of nitrogens with one attached hydrogen (secondary N) is 1. The third kappa shape index (κ3) is 2.73. The number of aliphatic hydroxyl groups excluding tert-OH is 1. The largest absolute Gasteiger partial charge is 0.463 e. The zero-order valence-corrected chi connectivity index (χ0v) is 14.0. The standard InChI is InChI=1S/C19H20N2O4/c1-24-19(23)17-7-6-12(25-17)10-21-9-8-14-13-4-2-3-5-15(13)20-18(14)16(21)11-22/h2-7,16,20,22H,8-11H2,1H3/t16-/m0/s1. The van der Waals surface area contributed by atoms with Crippen LogP contribution in [0.4, 0.5) is 0 Å². The van der Waals surface area contributed by atoms with Gasteiger partial charge in [0.15, 0.2) is 0 Å². The molecule has 1 aliphatic rings. The van der Waals surface area contributed by atoms with Crippen molar-refractivity contribution in [2.45, 2.75) is 19.0 Å². The molecular weight excluding hydrogens is 320 g/mol. The molecule has 25 heavy (non-hydrogen) atoms. The van der Waals surface area contributed by atoms with Gasteiger partial charge in [0.05, 0.1) is 26.3 Å². The smallest absolute Gasteiger partial charge is 0.373 e. The minimum atomic E-state index is -0.485. The number of esters is 1. The van der Waals surface area contributed by atoms with Crippen molar-refractivity contribution in [1.82, 2.24) is 9.88 Å². The molecule has 3 aromatic rings. The molecule has 1 atom stereocenters. The number of aliphatic hydroxyl groups is 1. The summed E-state index contributed by atoms with van der Waals surface area (Å²) in [7, 11) is 1.33. The molecule has 3 heterocycles. The highest BCUT2D eigenvalue weighted by molar-refractivity contribution is 5.86. The summed E-state index contributed by atoms with van der Waals surface area (Å²) >= 11 is 0. The van der Waals surface area contributed by atoms with Crippen molar-refractivity contribution >= 4 is 16.9 Å². The molecule has 4 rings (SSSR count). The van der Waals surface area contributed by atoms with Crippen molar-refractivity contribution in [3.05, 3.63) is 59.2 Å². The van der Waals surface area contributed by atoms with E-state index in [9.17, 15) is 9.90 Å². The Kier molecular flexibility index (Phi) is 4.07. The average molecular weight is 340 g/mol. The molecule has 0 amide bonds. The summed E-state index contributed by atoms with van der Waals surface area (Å²) in [6, 6.07) is 11.5. The van der Waals surface area contributed by atoms with Crippen LogP contribution in [0.2, 0.25) is 0 Å². The Labute approximate surface area is 145 Å². The normalized spacial score (nSPS) is 17.6. The molecule has 0 saturated carbocycles. The van der Waals surface area contributed by atoms with Gasteiger partial charge in [0.2, 0.25) is 5.76 Å². The van der Waals surface area contributed by atoms with Gasteiger partial charge in [-0.05, 0) is 30.2 Å². The number of ether oxygens (including phenoxy) is 1. The van der Waals surface area contributed by atoms with Crippen LogP contribution in [-0.2, 0) is 17.7 Å². The summed E-state index contributed by atoms with van der Waals surface area (Å²) in [5, 5.41) is 11.2. The van der Waals surface area contributed by atoms with E-state index in [1.807, 2.05) is 12.1 Å². The van der Waals surface area contributed by atoms with Gasteiger partial charge in [-0.3, -0.25) is 4.90 Å². The van der Waals surface area contributed by atoms with E-state index in [1.165, 1.54) is 18.1 Å². The van der Waals surface area contributed by atoms with Crippen LogP contribution in [0.5, 0.6) is 0 Å². The third-order valence-electron chi connectivity index (χ3n) is 4.85. The molecule has 0 spiro atoms. The summed E-state index contributed by atoms with van der Waals surface area (Å²) in [6.45, 7) is 1.36. The van der Waals surface area contributed by atoms with Crippen molar-refractivity contribution in [3.8, 4) is 0 Å². The van der Waals surface area contributed by atoms with Gasteiger partial charge in [0, 0.05) is 23.1 Å². The lowest BCUT2D eigenvalue weighted by Gasteiger charge is -2.34. The van der Waals surface area contributed by atoms with Crippen LogP contribution in [0.1, 0.15) is 33.6 Å². The van der Waals surface area contributed by atoms with Gasteiger partial charge in [-0.2, -0.15) is 0 Å². The van der Waals surface area contributed by atoms with Crippen LogP contribution in [0.15, 0.2) is 40.8 Å². The van der Waals surface area contributed by atoms with E-state index in [2.05, 4.69) is 26.8 Å². The first-order valence-corrected chi connectivity index (χ1v) is 8.32. The van der Waals surface area contributed by atoms with Crippen molar-refractivity contribution in [3.63, 3.8) is 0 Å². The number of fused-ring (bicyclic) bond motifs is 3. The number of carbonyl (C=O) groups excluding carboxylic acids is 1. The third-order valence-corrected chi connectivity index (χ3v) is 4.85. The molecule has 0 saturated heterocycles. The van der Waals surface area contributed by atoms with Gasteiger partial charge in [-0.25, -0.2) is 4.79 Å². The van der Waals surface area contributed by atoms with Crippen LogP contribution in [0.25, 0.3) is 10.9 Å². The Morgan fingerprint density at radius 2 is 2.20 bits per heavy atom. The highest BCUT2D eigenvalue weighted by Gasteiger charge is 2.30. The zero-order chi connectivity index (χ0) is 17.4. The van der Waals surface area contributed by atoms with Gasteiger partial charge < -0.3 is 19.2 Å². The lowest BCUT2D eigenvalue weighted by Crippen LogP contribution is -2.36. The second kappa shape index (κ2) is 6.38. The molecular formula is C19H20N2O4. The molecule has 0 bridgehead atoms. The SMILES string of the molecule is COC(=O)c1ccc(CN2CCc3c([nH]c4ccccc34)[C@@H]2CO)o1. The number of hydrogen-bond acceptors (Lipinski definition) is 5. The molecule has 1 aliphatic heterocycles. The van der Waals surface area contributed by atoms with Crippen molar-refractivity contribution in [1.29, 1.82) is 0 Å². The van der Waals surface area contributed by atoms with E-state index in [1.54, 1.807) is 12.1 Å². The number of aromatic amines is 1. The second-order valence-electron chi connectivity index (χ2n) is 6.24. The number of carbonyl (C=O) groups is 1. The Hall–Kier alpha value is -2.57. The summed E-state index contributed by atoms with van der Waals surface area (Å²) in [4.78, 5) is 17.2. The highest BCUT2D eigenvalue weighted by atomic mass is 16.5. The molecule has 6 nitrogen and oxygen atoms in total. The molecule has 2 aromatic heterocycles. The summed E-state index contributed by atoms with van der Waals surface area (Å²) < 4.78 is 10.2. The van der Waals surface area contributed by atoms with Crippen LogP contribution in [-0.4, -0.2) is 41.2 Å². The van der Waals surface area contributed by atoms with Crippen molar-refractivity contribution in [2.24, 2.45) is 0 Å². The predicted octanol–water partition coefficient (Wildman–Crippen LogP) is 2.64. The maximum Gasteiger partial charge on any atom is 0.373 e. The van der Waals surface area contributed by atoms with E-state index in [0.29, 0.717) is 12.3 Å². The van der Waals surface area contributed by atoms with Crippen molar-refractivity contribution in [2.75, 3.05) is 20.3 Å². The fourth-order valence-corrected chi connectivity index (χ4v) is 3.64. The Morgan fingerprint density at radius 1 is 1.36 bits per heavy atom. The highest BCUT2D eigenvalue weighted by Crippen LogP contribution is 2.35. The van der Waals surface area contributed by atoms with E-state index >= 15 is 0 Å². The monoisotopic (exact) mass is 340 g/mol. The number of rotatable bonds is 4. The lowest BCUT2D eigenvalue weighted by atomic mass is 9.97. The first-order chi connectivity index (χ1) is 12.2. The lowest BCUT2D eigenvalue weighted by molar-refractivity contribution is 0.0556. The van der Waals surface area contributed by atoms with Crippen molar-refractivity contribution < 1.29 is 19.1 Å². The molecule has 1 aromatic carbocycles. The summed E-state index contributed by atoms with van der Waals surface area (Å²) in [5.74, 6) is 0.390. The molecule has 0 unspecified atom stereocenters. The van der Waals surface area contributed by atoms with E-state index in [0.717, 1.165) is 24.2 Å². The Balaban J connectivity index is 1.61. The Morgan fingerprint density at radius 3 is 3.00 bits per heavy atom. The Bertz CT molecular complexity index is 911. The fourth-order valence-electron chi connectivity index (χ4n) is 3.64. The van der Waals surface area contributed by atoms with E-state index in [4.69, 9.17) is 4.42 Å². The number of para-hydroxylation sites is 1. The van der Waals surface area contributed by atoms with Crippen LogP contribution >= 0.6 is 0 Å². The predicted molar refractivity (Wildman–Crippen MR) is 92.3 cm³/mol. The zero-order valence-electron chi connectivity index (χ0n) is 14.0.